The van der Waals surface area contributed by atoms with Gasteiger partial charge in [0.1, 0.15) is 0 Å². The zero-order valence-electron chi connectivity index (χ0n) is 13.7. The van der Waals surface area contributed by atoms with Crippen LogP contribution in [0.3, 0.4) is 0 Å². The predicted molar refractivity (Wildman–Crippen MR) is 84.3 cm³/mol. The summed E-state index contributed by atoms with van der Waals surface area (Å²) in [7, 11) is 0. The van der Waals surface area contributed by atoms with Gasteiger partial charge < -0.3 is 16.4 Å². The fourth-order valence-electron chi connectivity index (χ4n) is 3.10. The van der Waals surface area contributed by atoms with Gasteiger partial charge in [0, 0.05) is 19.5 Å². The molecule has 1 rings (SSSR count). The van der Waals surface area contributed by atoms with E-state index in [2.05, 4.69) is 20.8 Å². The normalized spacial score (nSPS) is 21.1. The number of carbonyl (C=O) groups is 2. The summed E-state index contributed by atoms with van der Waals surface area (Å²) in [5.41, 5.74) is 11.2. The summed E-state index contributed by atoms with van der Waals surface area (Å²) in [6.07, 6.45) is 4.01. The van der Waals surface area contributed by atoms with E-state index in [0.717, 1.165) is 32.2 Å². The number of hydrogen-bond acceptors (Lipinski definition) is 3. The van der Waals surface area contributed by atoms with E-state index in [9.17, 15) is 9.59 Å². The third kappa shape index (κ3) is 5.65. The minimum absolute atomic E-state index is 0.146. The maximum atomic E-state index is 12.3. The molecule has 0 aromatic rings. The number of piperidine rings is 1. The molecule has 122 valence electrons. The van der Waals surface area contributed by atoms with Crippen LogP contribution in [0.25, 0.3) is 0 Å². The zero-order chi connectivity index (χ0) is 16.0. The number of amides is 2. The van der Waals surface area contributed by atoms with Crippen LogP contribution in [0.2, 0.25) is 0 Å². The number of nitrogens with two attached hydrogens (primary N) is 2. The molecule has 1 fully saturated rings. The van der Waals surface area contributed by atoms with E-state index in [4.69, 9.17) is 11.5 Å². The van der Waals surface area contributed by atoms with Gasteiger partial charge in [-0.25, -0.2) is 0 Å². The molecule has 1 heterocycles. The van der Waals surface area contributed by atoms with Crippen LogP contribution in [0.15, 0.2) is 0 Å². The summed E-state index contributed by atoms with van der Waals surface area (Å²) in [5, 5.41) is 0. The van der Waals surface area contributed by atoms with Crippen molar-refractivity contribution in [2.45, 2.75) is 52.9 Å². The van der Waals surface area contributed by atoms with Crippen LogP contribution in [0.1, 0.15) is 52.9 Å². The first kappa shape index (κ1) is 18.0. The summed E-state index contributed by atoms with van der Waals surface area (Å²) in [5.74, 6) is 0.128. The molecular formula is C16H31N3O2. The third-order valence-corrected chi connectivity index (χ3v) is 4.62. The average molecular weight is 297 g/mol. The van der Waals surface area contributed by atoms with E-state index in [1.54, 1.807) is 4.90 Å². The fourth-order valence-corrected chi connectivity index (χ4v) is 3.10. The molecular weight excluding hydrogens is 266 g/mol. The lowest BCUT2D eigenvalue weighted by Crippen LogP contribution is -2.44. The van der Waals surface area contributed by atoms with Gasteiger partial charge in [-0.2, -0.15) is 0 Å². The minimum Gasteiger partial charge on any atom is -0.369 e. The molecule has 1 aliphatic heterocycles. The van der Waals surface area contributed by atoms with Crippen LogP contribution in [0.5, 0.6) is 0 Å². The van der Waals surface area contributed by atoms with E-state index >= 15 is 0 Å². The van der Waals surface area contributed by atoms with Crippen molar-refractivity contribution in [3.8, 4) is 0 Å². The molecule has 1 saturated heterocycles. The van der Waals surface area contributed by atoms with E-state index < -0.39 is 0 Å². The van der Waals surface area contributed by atoms with E-state index in [0.29, 0.717) is 25.4 Å². The molecule has 1 aliphatic rings. The van der Waals surface area contributed by atoms with Gasteiger partial charge >= 0.3 is 0 Å². The number of hydrogen-bond donors (Lipinski definition) is 2. The second-order valence-corrected chi connectivity index (χ2v) is 7.26. The van der Waals surface area contributed by atoms with Crippen LogP contribution in [-0.2, 0) is 9.59 Å². The Labute approximate surface area is 128 Å². The Morgan fingerprint density at radius 3 is 2.48 bits per heavy atom. The molecule has 0 aromatic heterocycles. The first-order valence-electron chi connectivity index (χ1n) is 8.03. The second-order valence-electron chi connectivity index (χ2n) is 7.26. The molecule has 21 heavy (non-hydrogen) atoms. The molecule has 5 nitrogen and oxygen atoms in total. The molecule has 2 unspecified atom stereocenters. The first-order valence-corrected chi connectivity index (χ1v) is 8.03. The van der Waals surface area contributed by atoms with Crippen molar-refractivity contribution in [3.05, 3.63) is 0 Å². The minimum atomic E-state index is -0.289. The number of carbonyl (C=O) groups excluding carboxylic acids is 2. The highest BCUT2D eigenvalue weighted by Gasteiger charge is 2.29. The van der Waals surface area contributed by atoms with Gasteiger partial charge in [-0.1, -0.05) is 20.8 Å². The SMILES string of the molecule is CC(C)(C)C(CCN)CCC(=O)N1CCCC(C(N)=O)C1. The van der Waals surface area contributed by atoms with Crippen molar-refractivity contribution < 1.29 is 9.59 Å². The molecule has 0 radical (unpaired) electrons. The topological polar surface area (TPSA) is 89.4 Å². The molecule has 2 amide bonds. The number of likely N-dealkylation sites (tertiary alicyclic amines) is 1. The highest BCUT2D eigenvalue weighted by Crippen LogP contribution is 2.32. The highest BCUT2D eigenvalue weighted by molar-refractivity contribution is 5.80. The zero-order valence-corrected chi connectivity index (χ0v) is 13.7. The predicted octanol–water partition coefficient (Wildman–Crippen LogP) is 1.50. The summed E-state index contributed by atoms with van der Waals surface area (Å²) in [6, 6.07) is 0. The van der Waals surface area contributed by atoms with E-state index in [1.807, 2.05) is 0 Å². The van der Waals surface area contributed by atoms with E-state index in [-0.39, 0.29) is 23.1 Å². The van der Waals surface area contributed by atoms with Crippen LogP contribution in [-0.4, -0.2) is 36.3 Å². The number of primary amides is 1. The lowest BCUT2D eigenvalue weighted by molar-refractivity contribution is -0.135. The van der Waals surface area contributed by atoms with Gasteiger partial charge in [0.15, 0.2) is 0 Å². The maximum absolute atomic E-state index is 12.3. The van der Waals surface area contributed by atoms with Crippen molar-refractivity contribution in [2.75, 3.05) is 19.6 Å². The lowest BCUT2D eigenvalue weighted by atomic mass is 9.76. The molecule has 0 bridgehead atoms. The monoisotopic (exact) mass is 297 g/mol. The summed E-state index contributed by atoms with van der Waals surface area (Å²) in [4.78, 5) is 25.4. The van der Waals surface area contributed by atoms with Crippen molar-refractivity contribution in [1.82, 2.24) is 4.90 Å². The van der Waals surface area contributed by atoms with Gasteiger partial charge in [-0.05, 0) is 43.6 Å². The number of nitrogens with zero attached hydrogens (tertiary/aromatic N) is 1. The Balaban J connectivity index is 2.50. The Morgan fingerprint density at radius 2 is 1.95 bits per heavy atom. The largest absolute Gasteiger partial charge is 0.369 e. The fraction of sp³-hybridized carbons (Fsp3) is 0.875. The lowest BCUT2D eigenvalue weighted by Gasteiger charge is -2.33. The van der Waals surface area contributed by atoms with Gasteiger partial charge in [0.2, 0.25) is 11.8 Å². The quantitative estimate of drug-likeness (QED) is 0.778. The van der Waals surface area contributed by atoms with E-state index in [1.165, 1.54) is 0 Å². The van der Waals surface area contributed by atoms with Gasteiger partial charge in [0.25, 0.3) is 0 Å². The highest BCUT2D eigenvalue weighted by atomic mass is 16.2. The maximum Gasteiger partial charge on any atom is 0.222 e. The summed E-state index contributed by atoms with van der Waals surface area (Å²) >= 11 is 0. The van der Waals surface area contributed by atoms with Gasteiger partial charge in [-0.15, -0.1) is 0 Å². The smallest absolute Gasteiger partial charge is 0.222 e. The Hall–Kier alpha value is -1.10. The molecule has 0 aromatic carbocycles. The molecule has 0 saturated carbocycles. The van der Waals surface area contributed by atoms with Crippen molar-refractivity contribution in [1.29, 1.82) is 0 Å². The van der Waals surface area contributed by atoms with Crippen molar-refractivity contribution in [3.63, 3.8) is 0 Å². The van der Waals surface area contributed by atoms with Crippen LogP contribution >= 0.6 is 0 Å². The first-order chi connectivity index (χ1) is 9.75. The Bertz CT molecular complexity index is 363. The third-order valence-electron chi connectivity index (χ3n) is 4.62. The average Bonchev–Trinajstić information content (AvgIpc) is 2.42. The molecule has 2 atom stereocenters. The van der Waals surface area contributed by atoms with Crippen LogP contribution < -0.4 is 11.5 Å². The van der Waals surface area contributed by atoms with Gasteiger partial charge in [0.05, 0.1) is 5.92 Å². The van der Waals surface area contributed by atoms with Crippen molar-refractivity contribution >= 4 is 11.8 Å². The second kappa shape index (κ2) is 7.78. The number of rotatable bonds is 6. The molecule has 4 N–H and O–H groups in total. The summed E-state index contributed by atoms with van der Waals surface area (Å²) < 4.78 is 0. The van der Waals surface area contributed by atoms with Crippen LogP contribution in [0, 0.1) is 17.3 Å². The Morgan fingerprint density at radius 1 is 1.29 bits per heavy atom. The molecule has 5 heteroatoms. The molecule has 0 spiro atoms. The summed E-state index contributed by atoms with van der Waals surface area (Å²) in [6.45, 7) is 8.49. The Kier molecular flexibility index (Phi) is 6.65. The van der Waals surface area contributed by atoms with Crippen molar-refractivity contribution in [2.24, 2.45) is 28.7 Å². The van der Waals surface area contributed by atoms with Crippen LogP contribution in [0.4, 0.5) is 0 Å². The van der Waals surface area contributed by atoms with Gasteiger partial charge in [-0.3, -0.25) is 9.59 Å². The molecule has 0 aliphatic carbocycles. The standard InChI is InChI=1S/C16H31N3O2/c1-16(2,3)13(8-9-17)6-7-14(20)19-10-4-5-12(11-19)15(18)21/h12-13H,4-11,17H2,1-3H3,(H2,18,21).